The number of hydrogen-bond acceptors (Lipinski definition) is 3. The number of carboxylic acid groups (broad SMARTS) is 1. The fraction of sp³-hybridized carbons (Fsp3) is 0.800. The molecule has 1 fully saturated rings. The van der Waals surface area contributed by atoms with E-state index in [1.165, 1.54) is 26.2 Å². The predicted molar refractivity (Wildman–Crippen MR) is 78.7 cm³/mol. The van der Waals surface area contributed by atoms with Crippen molar-refractivity contribution in [3.8, 4) is 0 Å². The number of rotatable bonds is 7. The molecular formula is C15H26N2O4. The summed E-state index contributed by atoms with van der Waals surface area (Å²) in [6.45, 7) is 2.97. The van der Waals surface area contributed by atoms with Crippen LogP contribution in [0, 0.1) is 5.92 Å². The minimum absolute atomic E-state index is 0.134. The minimum Gasteiger partial charge on any atom is -0.480 e. The van der Waals surface area contributed by atoms with E-state index in [-0.39, 0.29) is 18.9 Å². The number of carbonyl (C=O) groups is 3. The third kappa shape index (κ3) is 5.73. The van der Waals surface area contributed by atoms with Crippen LogP contribution >= 0.6 is 0 Å². The summed E-state index contributed by atoms with van der Waals surface area (Å²) in [5.41, 5.74) is -1.29. The Bertz CT molecular complexity index is 391. The maximum atomic E-state index is 11.8. The van der Waals surface area contributed by atoms with Crippen molar-refractivity contribution in [1.82, 2.24) is 10.6 Å². The summed E-state index contributed by atoms with van der Waals surface area (Å²) in [5.74, 6) is -1.27. The fourth-order valence-corrected chi connectivity index (χ4v) is 2.55. The van der Waals surface area contributed by atoms with E-state index >= 15 is 0 Å². The monoisotopic (exact) mass is 298 g/mol. The van der Waals surface area contributed by atoms with Crippen LogP contribution in [0.2, 0.25) is 0 Å². The highest BCUT2D eigenvalue weighted by Crippen LogP contribution is 2.25. The second-order valence-corrected chi connectivity index (χ2v) is 6.02. The molecule has 1 rings (SSSR count). The molecule has 0 aliphatic heterocycles. The number of nitrogens with one attached hydrogen (secondary N) is 2. The van der Waals surface area contributed by atoms with E-state index in [2.05, 4.69) is 10.6 Å². The van der Waals surface area contributed by atoms with E-state index < -0.39 is 17.4 Å². The molecule has 0 radical (unpaired) electrons. The summed E-state index contributed by atoms with van der Waals surface area (Å²) in [6, 6.07) is 0. The van der Waals surface area contributed by atoms with Crippen LogP contribution in [0.3, 0.4) is 0 Å². The Kier molecular flexibility index (Phi) is 6.65. The zero-order valence-electron chi connectivity index (χ0n) is 12.9. The first-order chi connectivity index (χ1) is 9.87. The lowest BCUT2D eigenvalue weighted by molar-refractivity contribution is -0.146. The van der Waals surface area contributed by atoms with Crippen molar-refractivity contribution in [2.24, 2.45) is 5.92 Å². The van der Waals surface area contributed by atoms with Gasteiger partial charge in [0.1, 0.15) is 5.54 Å². The van der Waals surface area contributed by atoms with Crippen LogP contribution in [0.5, 0.6) is 0 Å². The summed E-state index contributed by atoms with van der Waals surface area (Å²) < 4.78 is 0. The number of amides is 2. The fourth-order valence-electron chi connectivity index (χ4n) is 2.55. The molecule has 1 aliphatic rings. The van der Waals surface area contributed by atoms with Gasteiger partial charge in [0.25, 0.3) is 0 Å². The molecule has 0 bridgehead atoms. The molecule has 3 N–H and O–H groups in total. The molecule has 1 saturated carbocycles. The molecule has 0 aromatic heterocycles. The Morgan fingerprint density at radius 2 is 1.76 bits per heavy atom. The Labute approximate surface area is 125 Å². The number of hydrogen-bond donors (Lipinski definition) is 3. The average molecular weight is 298 g/mol. The quantitative estimate of drug-likeness (QED) is 0.662. The van der Waals surface area contributed by atoms with Gasteiger partial charge >= 0.3 is 5.97 Å². The smallest absolute Gasteiger partial charge is 0.329 e. The van der Waals surface area contributed by atoms with E-state index in [0.717, 1.165) is 12.8 Å². The molecule has 2 amide bonds. The standard InChI is InChI=1S/C15H26N2O4/c1-3-15(2,14(20)21)17-13(19)10-16-12(18)9-11-7-5-4-6-8-11/h11H,3-10H2,1-2H3,(H,16,18)(H,17,19)(H,20,21). The summed E-state index contributed by atoms with van der Waals surface area (Å²) >= 11 is 0. The predicted octanol–water partition coefficient (Wildman–Crippen LogP) is 1.44. The summed E-state index contributed by atoms with van der Waals surface area (Å²) in [7, 11) is 0. The highest BCUT2D eigenvalue weighted by atomic mass is 16.4. The van der Waals surface area contributed by atoms with Crippen LogP contribution in [-0.2, 0) is 14.4 Å². The molecule has 6 nitrogen and oxygen atoms in total. The molecule has 1 atom stereocenters. The van der Waals surface area contributed by atoms with Crippen LogP contribution in [0.25, 0.3) is 0 Å². The maximum Gasteiger partial charge on any atom is 0.329 e. The van der Waals surface area contributed by atoms with Crippen molar-refractivity contribution in [2.75, 3.05) is 6.54 Å². The second-order valence-electron chi connectivity index (χ2n) is 6.02. The van der Waals surface area contributed by atoms with E-state index in [1.54, 1.807) is 6.92 Å². The lowest BCUT2D eigenvalue weighted by atomic mass is 9.87. The first-order valence-electron chi connectivity index (χ1n) is 7.68. The third-order valence-electron chi connectivity index (χ3n) is 4.24. The van der Waals surface area contributed by atoms with Gasteiger partial charge in [0.05, 0.1) is 6.54 Å². The molecule has 0 heterocycles. The van der Waals surface area contributed by atoms with Crippen molar-refractivity contribution >= 4 is 17.8 Å². The van der Waals surface area contributed by atoms with E-state index in [0.29, 0.717) is 12.3 Å². The van der Waals surface area contributed by atoms with Crippen molar-refractivity contribution in [2.45, 2.75) is 64.3 Å². The zero-order valence-corrected chi connectivity index (χ0v) is 12.9. The zero-order chi connectivity index (χ0) is 15.9. The topological polar surface area (TPSA) is 95.5 Å². The Balaban J connectivity index is 2.31. The van der Waals surface area contributed by atoms with Crippen LogP contribution in [0.4, 0.5) is 0 Å². The maximum absolute atomic E-state index is 11.8. The van der Waals surface area contributed by atoms with Gasteiger partial charge < -0.3 is 15.7 Å². The van der Waals surface area contributed by atoms with Gasteiger partial charge in [-0.1, -0.05) is 26.2 Å². The van der Waals surface area contributed by atoms with Crippen LogP contribution < -0.4 is 10.6 Å². The second kappa shape index (κ2) is 8.00. The van der Waals surface area contributed by atoms with Gasteiger partial charge in [-0.05, 0) is 32.1 Å². The van der Waals surface area contributed by atoms with Crippen molar-refractivity contribution < 1.29 is 19.5 Å². The summed E-state index contributed by atoms with van der Waals surface area (Å²) in [5, 5.41) is 14.1. The van der Waals surface area contributed by atoms with Crippen LogP contribution in [0.1, 0.15) is 58.8 Å². The first-order valence-corrected chi connectivity index (χ1v) is 7.68. The van der Waals surface area contributed by atoms with Crippen molar-refractivity contribution in [3.63, 3.8) is 0 Å². The van der Waals surface area contributed by atoms with Crippen molar-refractivity contribution in [1.29, 1.82) is 0 Å². The molecule has 21 heavy (non-hydrogen) atoms. The molecule has 120 valence electrons. The van der Waals surface area contributed by atoms with Crippen molar-refractivity contribution in [3.05, 3.63) is 0 Å². The molecule has 1 aliphatic carbocycles. The largest absolute Gasteiger partial charge is 0.480 e. The Morgan fingerprint density at radius 1 is 1.14 bits per heavy atom. The number of aliphatic carboxylic acids is 1. The Morgan fingerprint density at radius 3 is 2.29 bits per heavy atom. The normalized spacial score (nSPS) is 18.6. The van der Waals surface area contributed by atoms with Gasteiger partial charge in [-0.2, -0.15) is 0 Å². The average Bonchev–Trinajstić information content (AvgIpc) is 2.46. The molecule has 0 saturated heterocycles. The number of carboxylic acids is 1. The van der Waals surface area contributed by atoms with Crippen LogP contribution in [0.15, 0.2) is 0 Å². The van der Waals surface area contributed by atoms with Gasteiger partial charge in [0, 0.05) is 6.42 Å². The van der Waals surface area contributed by atoms with Gasteiger partial charge in [-0.3, -0.25) is 9.59 Å². The highest BCUT2D eigenvalue weighted by molar-refractivity contribution is 5.89. The van der Waals surface area contributed by atoms with Gasteiger partial charge in [-0.25, -0.2) is 4.79 Å². The first kappa shape index (κ1) is 17.5. The lowest BCUT2D eigenvalue weighted by Crippen LogP contribution is -2.54. The van der Waals surface area contributed by atoms with E-state index in [4.69, 9.17) is 5.11 Å². The van der Waals surface area contributed by atoms with Gasteiger partial charge in [-0.15, -0.1) is 0 Å². The summed E-state index contributed by atoms with van der Waals surface area (Å²) in [4.78, 5) is 34.6. The molecule has 0 aromatic rings. The van der Waals surface area contributed by atoms with E-state index in [1.807, 2.05) is 0 Å². The SMILES string of the molecule is CCC(C)(NC(=O)CNC(=O)CC1CCCCC1)C(=O)O. The third-order valence-corrected chi connectivity index (χ3v) is 4.24. The number of carbonyl (C=O) groups excluding carboxylic acids is 2. The molecule has 0 spiro atoms. The highest BCUT2D eigenvalue weighted by Gasteiger charge is 2.32. The Hall–Kier alpha value is -1.59. The molecule has 6 heteroatoms. The van der Waals surface area contributed by atoms with Gasteiger partial charge in [0.2, 0.25) is 11.8 Å². The molecular weight excluding hydrogens is 272 g/mol. The lowest BCUT2D eigenvalue weighted by Gasteiger charge is -2.25. The van der Waals surface area contributed by atoms with Gasteiger partial charge in [0.15, 0.2) is 0 Å². The van der Waals surface area contributed by atoms with Crippen LogP contribution in [-0.4, -0.2) is 35.0 Å². The molecule has 1 unspecified atom stereocenters. The van der Waals surface area contributed by atoms with E-state index in [9.17, 15) is 14.4 Å². The minimum atomic E-state index is -1.29. The molecule has 0 aromatic carbocycles. The summed E-state index contributed by atoms with van der Waals surface area (Å²) in [6.07, 6.45) is 6.48.